The molecule has 0 radical (unpaired) electrons. The van der Waals surface area contributed by atoms with Crippen molar-refractivity contribution in [1.29, 1.82) is 0 Å². The quantitative estimate of drug-likeness (QED) is 0.841. The molecule has 2 aliphatic rings. The summed E-state index contributed by atoms with van der Waals surface area (Å²) in [4.78, 5) is 0. The van der Waals surface area contributed by atoms with Gasteiger partial charge in [-0.1, -0.05) is 24.3 Å². The van der Waals surface area contributed by atoms with Gasteiger partial charge in [0.1, 0.15) is 11.5 Å². The number of benzene rings is 2. The van der Waals surface area contributed by atoms with E-state index in [2.05, 4.69) is 5.53 Å². The Morgan fingerprint density at radius 1 is 0.905 bits per heavy atom. The molecule has 0 atom stereocenters. The molecule has 0 spiro atoms. The maximum atomic E-state index is 13.0. The SMILES string of the molecule is OC1=C2C=Cc3ccccc3N2NN1c1ccc(F)cc1. The van der Waals surface area contributed by atoms with Gasteiger partial charge in [-0.15, -0.1) is 5.53 Å². The lowest BCUT2D eigenvalue weighted by molar-refractivity contribution is 0.388. The predicted molar refractivity (Wildman–Crippen MR) is 79.6 cm³/mol. The average Bonchev–Trinajstić information content (AvgIpc) is 2.86. The lowest BCUT2D eigenvalue weighted by atomic mass is 10.1. The van der Waals surface area contributed by atoms with E-state index in [1.807, 2.05) is 36.4 Å². The zero-order valence-corrected chi connectivity index (χ0v) is 11.0. The second kappa shape index (κ2) is 4.36. The van der Waals surface area contributed by atoms with E-state index in [-0.39, 0.29) is 11.7 Å². The normalized spacial score (nSPS) is 16.2. The summed E-state index contributed by atoms with van der Waals surface area (Å²) in [6, 6.07) is 13.8. The summed E-state index contributed by atoms with van der Waals surface area (Å²) >= 11 is 0. The number of anilines is 2. The highest BCUT2D eigenvalue weighted by Crippen LogP contribution is 2.35. The zero-order valence-electron chi connectivity index (χ0n) is 11.0. The number of nitrogens with one attached hydrogen (secondary N) is 1. The van der Waals surface area contributed by atoms with E-state index in [1.54, 1.807) is 17.1 Å². The Morgan fingerprint density at radius 3 is 2.48 bits per heavy atom. The molecule has 5 heteroatoms. The molecule has 2 aliphatic heterocycles. The molecular formula is C16H12FN3O. The highest BCUT2D eigenvalue weighted by atomic mass is 19.1. The molecule has 0 unspecified atom stereocenters. The Labute approximate surface area is 121 Å². The molecular weight excluding hydrogens is 269 g/mol. The van der Waals surface area contributed by atoms with Crippen LogP contribution in [-0.4, -0.2) is 5.11 Å². The first-order valence-electron chi connectivity index (χ1n) is 6.56. The van der Waals surface area contributed by atoms with Crippen molar-refractivity contribution in [2.24, 2.45) is 0 Å². The van der Waals surface area contributed by atoms with Gasteiger partial charge < -0.3 is 5.11 Å². The second-order valence-corrected chi connectivity index (χ2v) is 4.85. The lowest BCUT2D eigenvalue weighted by Gasteiger charge is -2.26. The number of aliphatic hydroxyl groups excluding tert-OH is 1. The van der Waals surface area contributed by atoms with Gasteiger partial charge in [0, 0.05) is 0 Å². The third-order valence-electron chi connectivity index (χ3n) is 3.57. The number of aliphatic hydroxyl groups is 1. The van der Waals surface area contributed by atoms with Crippen molar-refractivity contribution < 1.29 is 9.50 Å². The molecule has 2 heterocycles. The van der Waals surface area contributed by atoms with Crippen LogP contribution in [0.4, 0.5) is 15.8 Å². The van der Waals surface area contributed by atoms with Gasteiger partial charge in [-0.2, -0.15) is 0 Å². The smallest absolute Gasteiger partial charge is 0.234 e. The highest BCUT2D eigenvalue weighted by Gasteiger charge is 2.32. The van der Waals surface area contributed by atoms with Crippen LogP contribution >= 0.6 is 0 Å². The van der Waals surface area contributed by atoms with E-state index in [0.29, 0.717) is 11.4 Å². The van der Waals surface area contributed by atoms with Gasteiger partial charge in [-0.05, 0) is 42.0 Å². The van der Waals surface area contributed by atoms with Crippen molar-refractivity contribution in [2.75, 3.05) is 10.0 Å². The summed E-state index contributed by atoms with van der Waals surface area (Å²) in [6.45, 7) is 0. The van der Waals surface area contributed by atoms with Crippen molar-refractivity contribution >= 4 is 17.5 Å². The van der Waals surface area contributed by atoms with Gasteiger partial charge >= 0.3 is 0 Å². The van der Waals surface area contributed by atoms with Crippen molar-refractivity contribution in [3.8, 4) is 0 Å². The maximum Gasteiger partial charge on any atom is 0.234 e. The molecule has 2 aromatic carbocycles. The summed E-state index contributed by atoms with van der Waals surface area (Å²) < 4.78 is 13.0. The molecule has 4 nitrogen and oxygen atoms in total. The molecule has 0 bridgehead atoms. The van der Waals surface area contributed by atoms with Gasteiger partial charge in [0.25, 0.3) is 0 Å². The van der Waals surface area contributed by atoms with Crippen LogP contribution in [0.3, 0.4) is 0 Å². The molecule has 2 N–H and O–H groups in total. The number of allylic oxidation sites excluding steroid dienone is 1. The van der Waals surface area contributed by atoms with E-state index in [9.17, 15) is 9.50 Å². The van der Waals surface area contributed by atoms with E-state index in [0.717, 1.165) is 11.3 Å². The third-order valence-corrected chi connectivity index (χ3v) is 3.57. The minimum Gasteiger partial charge on any atom is -0.492 e. The predicted octanol–water partition coefficient (Wildman–Crippen LogP) is 3.33. The Balaban J connectivity index is 1.77. The topological polar surface area (TPSA) is 38.7 Å². The number of hydrogen-bond donors (Lipinski definition) is 2. The fourth-order valence-electron chi connectivity index (χ4n) is 2.52. The van der Waals surface area contributed by atoms with Crippen LogP contribution in [0.2, 0.25) is 0 Å². The maximum absolute atomic E-state index is 13.0. The van der Waals surface area contributed by atoms with Gasteiger partial charge in [-0.3, -0.25) is 5.01 Å². The average molecular weight is 281 g/mol. The number of rotatable bonds is 1. The van der Waals surface area contributed by atoms with Gasteiger partial charge in [0.05, 0.1) is 11.4 Å². The van der Waals surface area contributed by atoms with Crippen LogP contribution < -0.4 is 15.6 Å². The van der Waals surface area contributed by atoms with E-state index in [4.69, 9.17) is 0 Å². The van der Waals surface area contributed by atoms with Gasteiger partial charge in [0.15, 0.2) is 0 Å². The third kappa shape index (κ3) is 1.79. The molecule has 104 valence electrons. The fraction of sp³-hybridized carbons (Fsp3) is 0. The molecule has 0 amide bonds. The molecule has 0 fully saturated rings. The lowest BCUT2D eigenvalue weighted by Crippen LogP contribution is -2.42. The highest BCUT2D eigenvalue weighted by molar-refractivity contribution is 5.78. The molecule has 0 aromatic heterocycles. The number of nitrogens with zero attached hydrogens (tertiary/aromatic N) is 2. The van der Waals surface area contributed by atoms with Crippen molar-refractivity contribution in [1.82, 2.24) is 5.53 Å². The van der Waals surface area contributed by atoms with Crippen LogP contribution in [0.25, 0.3) is 6.08 Å². The Morgan fingerprint density at radius 2 is 1.67 bits per heavy atom. The summed E-state index contributed by atoms with van der Waals surface area (Å²) in [5.74, 6) is -0.236. The first kappa shape index (κ1) is 12.0. The Hall–Kier alpha value is -2.79. The zero-order chi connectivity index (χ0) is 14.4. The van der Waals surface area contributed by atoms with Crippen molar-refractivity contribution in [3.05, 3.63) is 77.6 Å². The number of para-hydroxylation sites is 1. The number of halogens is 1. The van der Waals surface area contributed by atoms with Gasteiger partial charge in [0.2, 0.25) is 5.88 Å². The first-order valence-corrected chi connectivity index (χ1v) is 6.56. The molecule has 0 saturated carbocycles. The standard InChI is InChI=1S/C16H12FN3O/c17-12-6-8-13(9-7-12)19-16(21)15-10-5-11-3-1-2-4-14(11)20(15)18-19/h1-10,18,21H. The second-order valence-electron chi connectivity index (χ2n) is 4.85. The van der Waals surface area contributed by atoms with Crippen LogP contribution in [0.5, 0.6) is 0 Å². The van der Waals surface area contributed by atoms with E-state index < -0.39 is 0 Å². The summed E-state index contributed by atoms with van der Waals surface area (Å²) in [5, 5.41) is 13.7. The van der Waals surface area contributed by atoms with Gasteiger partial charge in [-0.25, -0.2) is 9.40 Å². The molecule has 4 rings (SSSR count). The monoisotopic (exact) mass is 281 g/mol. The van der Waals surface area contributed by atoms with Crippen LogP contribution in [0.15, 0.2) is 66.2 Å². The summed E-state index contributed by atoms with van der Waals surface area (Å²) in [6.07, 6.45) is 3.79. The molecule has 0 aliphatic carbocycles. The number of hydrogen-bond acceptors (Lipinski definition) is 4. The minimum atomic E-state index is -0.312. The number of hydrazine groups is 2. The van der Waals surface area contributed by atoms with Crippen molar-refractivity contribution in [2.45, 2.75) is 0 Å². The largest absolute Gasteiger partial charge is 0.492 e. The van der Waals surface area contributed by atoms with Crippen LogP contribution in [0.1, 0.15) is 5.56 Å². The fourth-order valence-corrected chi connectivity index (χ4v) is 2.52. The van der Waals surface area contributed by atoms with E-state index >= 15 is 0 Å². The summed E-state index contributed by atoms with van der Waals surface area (Å²) in [5.41, 5.74) is 6.42. The number of fused-ring (bicyclic) bond motifs is 3. The summed E-state index contributed by atoms with van der Waals surface area (Å²) in [7, 11) is 0. The molecule has 2 aromatic rings. The molecule has 21 heavy (non-hydrogen) atoms. The van der Waals surface area contributed by atoms with E-state index in [1.165, 1.54) is 17.1 Å². The van der Waals surface area contributed by atoms with Crippen LogP contribution in [0, 0.1) is 5.82 Å². The minimum absolute atomic E-state index is 0.0763. The first-order chi connectivity index (χ1) is 10.2. The molecule has 0 saturated heterocycles. The van der Waals surface area contributed by atoms with Crippen molar-refractivity contribution in [3.63, 3.8) is 0 Å². The Bertz CT molecular complexity index is 767. The Kier molecular flexibility index (Phi) is 2.49. The van der Waals surface area contributed by atoms with Crippen LogP contribution in [-0.2, 0) is 0 Å².